The van der Waals surface area contributed by atoms with E-state index in [1.807, 2.05) is 24.3 Å². The highest BCUT2D eigenvalue weighted by atomic mass is 19.1. The Morgan fingerprint density at radius 1 is 1.20 bits per heavy atom. The van der Waals surface area contributed by atoms with Crippen molar-refractivity contribution >= 4 is 16.7 Å². The number of nitrogens with zero attached hydrogens (tertiary/aromatic N) is 3. The van der Waals surface area contributed by atoms with Gasteiger partial charge in [0.2, 0.25) is 5.88 Å². The fourth-order valence-corrected chi connectivity index (χ4v) is 4.22. The Labute approximate surface area is 175 Å². The molecule has 0 N–H and O–H groups in total. The number of ether oxygens (including phenoxy) is 1. The van der Waals surface area contributed by atoms with Crippen LogP contribution in [0.3, 0.4) is 0 Å². The second-order valence-corrected chi connectivity index (χ2v) is 7.98. The van der Waals surface area contributed by atoms with E-state index in [0.29, 0.717) is 24.8 Å². The van der Waals surface area contributed by atoms with Crippen LogP contribution in [0.1, 0.15) is 37.8 Å². The Morgan fingerprint density at radius 2 is 2.00 bits per heavy atom. The van der Waals surface area contributed by atoms with E-state index >= 15 is 0 Å². The lowest BCUT2D eigenvalue weighted by atomic mass is 9.93. The summed E-state index contributed by atoms with van der Waals surface area (Å²) in [5.74, 6) is 0.816. The third-order valence-corrected chi connectivity index (χ3v) is 5.69. The first-order valence-corrected chi connectivity index (χ1v) is 10.4. The monoisotopic (exact) mass is 407 g/mol. The van der Waals surface area contributed by atoms with Crippen LogP contribution in [0.2, 0.25) is 0 Å². The van der Waals surface area contributed by atoms with Gasteiger partial charge in [0, 0.05) is 24.9 Å². The first-order valence-electron chi connectivity index (χ1n) is 10.4. The molecule has 0 amide bonds. The van der Waals surface area contributed by atoms with Crippen molar-refractivity contribution in [3.63, 3.8) is 0 Å². The Balaban J connectivity index is 1.46. The number of benzene rings is 2. The summed E-state index contributed by atoms with van der Waals surface area (Å²) in [5, 5.41) is 0.911. The number of Topliss-reactive ketones (excluding diaryl/α,β-unsaturated/α-hetero) is 1. The summed E-state index contributed by atoms with van der Waals surface area (Å²) in [6.45, 7) is 3.93. The first kappa shape index (κ1) is 20.4. The molecule has 0 bridgehead atoms. The minimum absolute atomic E-state index is 0.0363. The van der Waals surface area contributed by atoms with E-state index in [0.717, 1.165) is 42.4 Å². The first-order chi connectivity index (χ1) is 14.6. The average Bonchev–Trinajstić information content (AvgIpc) is 2.77. The van der Waals surface area contributed by atoms with E-state index in [1.165, 1.54) is 18.5 Å². The summed E-state index contributed by atoms with van der Waals surface area (Å²) in [6, 6.07) is 14.3. The van der Waals surface area contributed by atoms with Gasteiger partial charge in [0.25, 0.3) is 0 Å². The van der Waals surface area contributed by atoms with Crippen molar-refractivity contribution < 1.29 is 13.9 Å². The van der Waals surface area contributed by atoms with Gasteiger partial charge in [0.1, 0.15) is 17.9 Å². The van der Waals surface area contributed by atoms with Gasteiger partial charge in [-0.3, -0.25) is 9.69 Å². The molecule has 1 fully saturated rings. The maximum atomic E-state index is 13.4. The molecule has 1 saturated heterocycles. The van der Waals surface area contributed by atoms with Crippen LogP contribution in [0.5, 0.6) is 5.88 Å². The molecule has 0 aliphatic carbocycles. The molecule has 4 rings (SSSR count). The van der Waals surface area contributed by atoms with E-state index in [2.05, 4.69) is 14.9 Å². The number of likely N-dealkylation sites (tertiary alicyclic amines) is 1. The van der Waals surface area contributed by atoms with Crippen molar-refractivity contribution in [3.05, 3.63) is 66.2 Å². The topological polar surface area (TPSA) is 55.3 Å². The molecule has 30 heavy (non-hydrogen) atoms. The third-order valence-electron chi connectivity index (χ3n) is 5.69. The molecule has 0 radical (unpaired) electrons. The molecule has 2 unspecified atom stereocenters. The molecular weight excluding hydrogens is 381 g/mol. The maximum absolute atomic E-state index is 13.4. The highest BCUT2D eigenvalue weighted by molar-refractivity contribution is 5.82. The number of piperidine rings is 1. The van der Waals surface area contributed by atoms with E-state index in [-0.39, 0.29) is 17.6 Å². The quantitative estimate of drug-likeness (QED) is 0.574. The molecule has 5 nitrogen and oxygen atoms in total. The summed E-state index contributed by atoms with van der Waals surface area (Å²) in [5.41, 5.74) is 1.85. The molecule has 1 aromatic heterocycles. The number of hydrogen-bond acceptors (Lipinski definition) is 5. The van der Waals surface area contributed by atoms with Crippen molar-refractivity contribution in [1.82, 2.24) is 14.9 Å². The molecule has 1 aliphatic rings. The highest BCUT2D eigenvalue weighted by Crippen LogP contribution is 2.30. The number of carbonyl (C=O) groups is 1. The molecule has 6 heteroatoms. The van der Waals surface area contributed by atoms with Gasteiger partial charge in [0.15, 0.2) is 0 Å². The van der Waals surface area contributed by atoms with Gasteiger partial charge >= 0.3 is 0 Å². The molecule has 0 saturated carbocycles. The third kappa shape index (κ3) is 4.82. The summed E-state index contributed by atoms with van der Waals surface area (Å²) in [4.78, 5) is 22.8. The van der Waals surface area contributed by atoms with Gasteiger partial charge in [-0.1, -0.05) is 24.3 Å². The number of ketones is 1. The summed E-state index contributed by atoms with van der Waals surface area (Å²) >= 11 is 0. The van der Waals surface area contributed by atoms with Gasteiger partial charge in [-0.05, 0) is 56.1 Å². The maximum Gasteiger partial charge on any atom is 0.224 e. The number of carbonyl (C=O) groups excluding carboxylic acids is 1. The lowest BCUT2D eigenvalue weighted by Crippen LogP contribution is -2.40. The molecule has 2 heterocycles. The van der Waals surface area contributed by atoms with Crippen LogP contribution in [0.25, 0.3) is 10.9 Å². The van der Waals surface area contributed by atoms with Crippen LogP contribution in [0.4, 0.5) is 4.39 Å². The van der Waals surface area contributed by atoms with Crippen LogP contribution < -0.4 is 4.74 Å². The van der Waals surface area contributed by atoms with Crippen LogP contribution >= 0.6 is 0 Å². The summed E-state index contributed by atoms with van der Waals surface area (Å²) < 4.78 is 19.5. The van der Waals surface area contributed by atoms with Crippen molar-refractivity contribution in [2.45, 2.75) is 32.2 Å². The second-order valence-electron chi connectivity index (χ2n) is 7.98. The van der Waals surface area contributed by atoms with Gasteiger partial charge in [0.05, 0.1) is 17.5 Å². The zero-order chi connectivity index (χ0) is 20.9. The van der Waals surface area contributed by atoms with Gasteiger partial charge < -0.3 is 4.74 Å². The Hall–Kier alpha value is -2.86. The standard InChI is InChI=1S/C24H26FN3O2/c1-17(29)13-23(19-8-10-20(25)11-9-19)28-12-4-5-18(14-28)15-30-24-21-6-2-3-7-22(21)26-16-27-24/h2-3,6-11,16,18,23H,4-5,12-15H2,1H3. The average molecular weight is 407 g/mol. The number of hydrogen-bond donors (Lipinski definition) is 0. The van der Waals surface area contributed by atoms with Crippen LogP contribution in [-0.2, 0) is 4.79 Å². The Bertz CT molecular complexity index is 1000. The van der Waals surface area contributed by atoms with E-state index in [4.69, 9.17) is 4.74 Å². The minimum atomic E-state index is -0.262. The fraction of sp³-hybridized carbons (Fsp3) is 0.375. The van der Waals surface area contributed by atoms with E-state index < -0.39 is 0 Å². The van der Waals surface area contributed by atoms with Crippen molar-refractivity contribution in [3.8, 4) is 5.88 Å². The molecule has 2 atom stereocenters. The van der Waals surface area contributed by atoms with Crippen molar-refractivity contribution in [1.29, 1.82) is 0 Å². The van der Waals surface area contributed by atoms with Crippen molar-refractivity contribution in [2.24, 2.45) is 5.92 Å². The Kier molecular flexibility index (Phi) is 6.33. The zero-order valence-electron chi connectivity index (χ0n) is 17.1. The smallest absolute Gasteiger partial charge is 0.224 e. The minimum Gasteiger partial charge on any atom is -0.477 e. The SMILES string of the molecule is CC(=O)CC(c1ccc(F)cc1)N1CCCC(COc2ncnc3ccccc23)C1. The van der Waals surface area contributed by atoms with Gasteiger partial charge in [-0.25, -0.2) is 14.4 Å². The normalized spacial score (nSPS) is 18.3. The number of para-hydroxylation sites is 1. The van der Waals surface area contributed by atoms with Gasteiger partial charge in [-0.2, -0.15) is 0 Å². The highest BCUT2D eigenvalue weighted by Gasteiger charge is 2.28. The second kappa shape index (κ2) is 9.30. The Morgan fingerprint density at radius 3 is 2.80 bits per heavy atom. The molecular formula is C24H26FN3O2. The van der Waals surface area contributed by atoms with Crippen LogP contribution in [-0.4, -0.2) is 40.3 Å². The molecule has 1 aliphatic heterocycles. The molecule has 156 valence electrons. The van der Waals surface area contributed by atoms with Gasteiger partial charge in [-0.15, -0.1) is 0 Å². The number of aromatic nitrogens is 2. The number of halogens is 1. The summed E-state index contributed by atoms with van der Waals surface area (Å²) in [6.07, 6.45) is 4.06. The summed E-state index contributed by atoms with van der Waals surface area (Å²) in [7, 11) is 0. The number of fused-ring (bicyclic) bond motifs is 1. The molecule has 2 aromatic carbocycles. The number of rotatable bonds is 7. The molecule has 3 aromatic rings. The predicted octanol–water partition coefficient (Wildman–Crippen LogP) is 4.58. The molecule has 0 spiro atoms. The van der Waals surface area contributed by atoms with Crippen molar-refractivity contribution in [2.75, 3.05) is 19.7 Å². The lowest BCUT2D eigenvalue weighted by Gasteiger charge is -2.38. The predicted molar refractivity (Wildman–Crippen MR) is 114 cm³/mol. The van der Waals surface area contributed by atoms with Crippen LogP contribution in [0, 0.1) is 11.7 Å². The van der Waals surface area contributed by atoms with E-state index in [1.54, 1.807) is 19.1 Å². The zero-order valence-corrected chi connectivity index (χ0v) is 17.1. The lowest BCUT2D eigenvalue weighted by molar-refractivity contribution is -0.118. The fourth-order valence-electron chi connectivity index (χ4n) is 4.22. The van der Waals surface area contributed by atoms with Crippen LogP contribution in [0.15, 0.2) is 54.9 Å². The largest absolute Gasteiger partial charge is 0.477 e. The van der Waals surface area contributed by atoms with E-state index in [9.17, 15) is 9.18 Å².